The highest BCUT2D eigenvalue weighted by molar-refractivity contribution is 6.32. The van der Waals surface area contributed by atoms with Crippen molar-refractivity contribution in [2.24, 2.45) is 5.92 Å². The number of likely N-dealkylation sites (tertiary alicyclic amines) is 1. The summed E-state index contributed by atoms with van der Waals surface area (Å²) in [4.78, 5) is 22.7. The summed E-state index contributed by atoms with van der Waals surface area (Å²) in [5.74, 6) is -1.22. The van der Waals surface area contributed by atoms with Gasteiger partial charge >= 0.3 is 6.18 Å². The second kappa shape index (κ2) is 7.88. The Bertz CT molecular complexity index is 1350. The van der Waals surface area contributed by atoms with Crippen LogP contribution in [0.2, 0.25) is 5.02 Å². The van der Waals surface area contributed by atoms with Gasteiger partial charge in [-0.05, 0) is 36.8 Å². The number of fused-ring (bicyclic) bond motifs is 1. The molecule has 3 aromatic rings. The van der Waals surface area contributed by atoms with E-state index in [1.54, 1.807) is 0 Å². The van der Waals surface area contributed by atoms with Crippen molar-refractivity contribution in [1.82, 2.24) is 29.9 Å². The fourth-order valence-electron chi connectivity index (χ4n) is 4.65. The van der Waals surface area contributed by atoms with Gasteiger partial charge in [0.25, 0.3) is 0 Å². The minimum atomic E-state index is -4.62. The van der Waals surface area contributed by atoms with Crippen LogP contribution in [0.25, 0.3) is 11.0 Å². The van der Waals surface area contributed by atoms with Crippen LogP contribution in [-0.2, 0) is 16.6 Å². The summed E-state index contributed by atoms with van der Waals surface area (Å²) in [5, 5.41) is 7.99. The molecule has 0 saturated carbocycles. The number of benzene rings is 1. The highest BCUT2D eigenvalue weighted by Crippen LogP contribution is 2.46. The van der Waals surface area contributed by atoms with Gasteiger partial charge in [0.05, 0.1) is 46.0 Å². The zero-order valence-corrected chi connectivity index (χ0v) is 18.2. The molecule has 34 heavy (non-hydrogen) atoms. The maximum Gasteiger partial charge on any atom is 0.417 e. The van der Waals surface area contributed by atoms with Gasteiger partial charge < -0.3 is 9.78 Å². The lowest BCUT2D eigenvalue weighted by Gasteiger charge is -2.44. The van der Waals surface area contributed by atoms with Crippen LogP contribution in [0.3, 0.4) is 0 Å². The van der Waals surface area contributed by atoms with Crippen LogP contribution in [0, 0.1) is 5.92 Å². The Morgan fingerprint density at radius 3 is 2.68 bits per heavy atom. The topological polar surface area (TPSA) is 79.7 Å². The van der Waals surface area contributed by atoms with Crippen LogP contribution < -0.4 is 0 Å². The Balaban J connectivity index is 1.65. The lowest BCUT2D eigenvalue weighted by Crippen LogP contribution is -2.56. The van der Waals surface area contributed by atoms with Gasteiger partial charge in [-0.3, -0.25) is 4.90 Å². The van der Waals surface area contributed by atoms with Gasteiger partial charge in [-0.15, -0.1) is 0 Å². The summed E-state index contributed by atoms with van der Waals surface area (Å²) in [5.41, 5.74) is -1.09. The second-order valence-corrected chi connectivity index (χ2v) is 8.62. The van der Waals surface area contributed by atoms with Crippen molar-refractivity contribution in [2.75, 3.05) is 6.54 Å². The van der Waals surface area contributed by atoms with Crippen molar-refractivity contribution in [3.8, 4) is 0 Å². The van der Waals surface area contributed by atoms with Crippen LogP contribution in [0.15, 0.2) is 60.7 Å². The highest BCUT2D eigenvalue weighted by Gasteiger charge is 2.52. The number of aromatic amines is 1. The van der Waals surface area contributed by atoms with Gasteiger partial charge in [0.1, 0.15) is 17.9 Å². The number of halogens is 5. The van der Waals surface area contributed by atoms with E-state index in [4.69, 9.17) is 11.6 Å². The van der Waals surface area contributed by atoms with E-state index in [2.05, 4.69) is 26.7 Å². The maximum absolute atomic E-state index is 14.1. The molecule has 2 aliphatic rings. The molecule has 176 valence electrons. The van der Waals surface area contributed by atoms with Crippen LogP contribution in [0.5, 0.6) is 0 Å². The highest BCUT2D eigenvalue weighted by atomic mass is 35.5. The molecule has 5 rings (SSSR count). The van der Waals surface area contributed by atoms with E-state index in [0.29, 0.717) is 25.1 Å². The predicted octanol–water partition coefficient (Wildman–Crippen LogP) is 4.72. The summed E-state index contributed by atoms with van der Waals surface area (Å²) in [6.07, 6.45) is 3.18. The molecule has 7 nitrogen and oxygen atoms in total. The smallest absolute Gasteiger partial charge is 0.341 e. The molecule has 1 N–H and O–H groups in total. The SMILES string of the molecule is C=C1CC(c2nc3cc(Cl)c(C(F)(F)F)cc3[nH]2)N(C2(n3nccn3)C=CC(F)=C[C@@H]2C=O)C1. The molecule has 2 aromatic heterocycles. The Morgan fingerprint density at radius 2 is 2.00 bits per heavy atom. The second-order valence-electron chi connectivity index (χ2n) is 8.22. The lowest BCUT2D eigenvalue weighted by atomic mass is 9.87. The molecule has 1 aromatic carbocycles. The molecule has 1 aliphatic heterocycles. The number of aldehydes is 1. The van der Waals surface area contributed by atoms with Gasteiger partial charge in [-0.2, -0.15) is 28.2 Å². The van der Waals surface area contributed by atoms with Crippen LogP contribution in [0.4, 0.5) is 17.6 Å². The third-order valence-corrected chi connectivity index (χ3v) is 6.44. The summed E-state index contributed by atoms with van der Waals surface area (Å²) < 4.78 is 54.1. The van der Waals surface area contributed by atoms with E-state index < -0.39 is 40.2 Å². The monoisotopic (exact) mass is 492 g/mol. The summed E-state index contributed by atoms with van der Waals surface area (Å²) in [7, 11) is 0. The molecule has 0 bridgehead atoms. The number of carbonyl (C=O) groups excluding carboxylic acids is 1. The first-order valence-corrected chi connectivity index (χ1v) is 10.6. The van der Waals surface area contributed by atoms with Crippen molar-refractivity contribution >= 4 is 28.9 Å². The number of aromatic nitrogens is 5. The fourth-order valence-corrected chi connectivity index (χ4v) is 4.92. The Hall–Kier alpha value is -3.31. The molecule has 2 unspecified atom stereocenters. The molecule has 3 heterocycles. The van der Waals surface area contributed by atoms with Gasteiger partial charge in [-0.1, -0.05) is 23.8 Å². The minimum absolute atomic E-state index is 0.160. The van der Waals surface area contributed by atoms with E-state index in [1.165, 1.54) is 35.4 Å². The molecule has 1 saturated heterocycles. The molecule has 0 radical (unpaired) electrons. The van der Waals surface area contributed by atoms with Crippen molar-refractivity contribution in [3.05, 3.63) is 77.1 Å². The average molecular weight is 493 g/mol. The largest absolute Gasteiger partial charge is 0.417 e. The van der Waals surface area contributed by atoms with E-state index in [-0.39, 0.29) is 11.0 Å². The molecule has 3 atom stereocenters. The first kappa shape index (κ1) is 22.5. The summed E-state index contributed by atoms with van der Waals surface area (Å²) >= 11 is 5.86. The molecule has 0 amide bonds. The fraction of sp³-hybridized carbons (Fsp3) is 0.273. The van der Waals surface area contributed by atoms with E-state index >= 15 is 0 Å². The van der Waals surface area contributed by atoms with E-state index in [0.717, 1.165) is 17.7 Å². The maximum atomic E-state index is 14.1. The number of hydrogen-bond donors (Lipinski definition) is 1. The predicted molar refractivity (Wildman–Crippen MR) is 115 cm³/mol. The normalized spacial score (nSPS) is 25.8. The molecule has 1 fully saturated rings. The number of nitrogens with zero attached hydrogens (tertiary/aromatic N) is 5. The van der Waals surface area contributed by atoms with Crippen LogP contribution in [0.1, 0.15) is 23.9 Å². The molecule has 12 heteroatoms. The van der Waals surface area contributed by atoms with Crippen molar-refractivity contribution < 1.29 is 22.4 Å². The van der Waals surface area contributed by atoms with Crippen molar-refractivity contribution in [2.45, 2.75) is 24.3 Å². The van der Waals surface area contributed by atoms with Gasteiger partial charge in [0.15, 0.2) is 5.66 Å². The van der Waals surface area contributed by atoms with Crippen molar-refractivity contribution in [3.63, 3.8) is 0 Å². The Kier molecular flexibility index (Phi) is 5.21. The summed E-state index contributed by atoms with van der Waals surface area (Å²) in [6.45, 7) is 4.36. The number of alkyl halides is 3. The van der Waals surface area contributed by atoms with E-state index in [1.807, 2.05) is 4.90 Å². The quantitative estimate of drug-likeness (QED) is 0.324. The number of hydrogen-bond acceptors (Lipinski definition) is 5. The van der Waals surface area contributed by atoms with Gasteiger partial charge in [-0.25, -0.2) is 9.37 Å². The number of H-pyrrole nitrogens is 1. The van der Waals surface area contributed by atoms with Crippen LogP contribution >= 0.6 is 11.6 Å². The molecule has 0 spiro atoms. The first-order valence-electron chi connectivity index (χ1n) is 10.2. The first-order chi connectivity index (χ1) is 16.1. The molecular weight excluding hydrogens is 476 g/mol. The van der Waals surface area contributed by atoms with Crippen LogP contribution in [-0.4, -0.2) is 42.7 Å². The molecular formula is C22H17ClF4N6O. The number of rotatable bonds is 4. The Labute approximate surface area is 195 Å². The summed E-state index contributed by atoms with van der Waals surface area (Å²) in [6, 6.07) is 1.53. The number of carbonyl (C=O) groups is 1. The number of nitrogens with one attached hydrogen (secondary N) is 1. The van der Waals surface area contributed by atoms with Crippen molar-refractivity contribution in [1.29, 1.82) is 0 Å². The zero-order valence-electron chi connectivity index (χ0n) is 17.4. The number of imidazole rings is 1. The standard InChI is InChI=1S/C22H17ClF4N6O/c1-12-6-19(20-30-17-8-15(22(25,26)27)16(23)9-18(17)31-20)32(10-12)21(33-28-4-5-29-33)3-2-14(24)7-13(21)11-34/h2-5,7-9,11,13,19H,1,6,10H2,(H,30,31)/t13-,19?,21?/m1/s1. The lowest BCUT2D eigenvalue weighted by molar-refractivity contribution is -0.137. The average Bonchev–Trinajstić information content (AvgIpc) is 3.52. The minimum Gasteiger partial charge on any atom is -0.341 e. The third-order valence-electron chi connectivity index (χ3n) is 6.13. The zero-order chi connectivity index (χ0) is 24.3. The molecule has 1 aliphatic carbocycles. The third kappa shape index (κ3) is 3.46. The van der Waals surface area contributed by atoms with Gasteiger partial charge in [0, 0.05) is 6.54 Å². The Morgan fingerprint density at radius 1 is 1.26 bits per heavy atom. The van der Waals surface area contributed by atoms with E-state index in [9.17, 15) is 22.4 Å². The number of allylic oxidation sites excluding steroid dienone is 2. The van der Waals surface area contributed by atoms with Gasteiger partial charge in [0.2, 0.25) is 0 Å².